The molecule has 6 rings (SSSR count). The molecule has 3 aromatic rings. The zero-order valence-corrected chi connectivity index (χ0v) is 24.3. The molecule has 2 fully saturated rings. The predicted molar refractivity (Wildman–Crippen MR) is 159 cm³/mol. The Morgan fingerprint density at radius 1 is 0.925 bits per heavy atom. The van der Waals surface area contributed by atoms with Crippen LogP contribution in [-0.2, 0) is 6.42 Å². The second-order valence-electron chi connectivity index (χ2n) is 11.5. The number of anilines is 1. The van der Waals surface area contributed by atoms with Gasteiger partial charge in [-0.3, -0.25) is 14.6 Å². The number of aromatic nitrogens is 1. The molecule has 0 bridgehead atoms. The number of benzene rings is 2. The highest BCUT2D eigenvalue weighted by Gasteiger charge is 2.39. The van der Waals surface area contributed by atoms with Gasteiger partial charge in [-0.15, -0.1) is 0 Å². The van der Waals surface area contributed by atoms with Crippen LogP contribution in [0.3, 0.4) is 0 Å². The summed E-state index contributed by atoms with van der Waals surface area (Å²) in [4.78, 5) is 37.3. The summed E-state index contributed by atoms with van der Waals surface area (Å²) in [7, 11) is 1.80. The molecule has 0 N–H and O–H groups in total. The van der Waals surface area contributed by atoms with Gasteiger partial charge in [-0.25, -0.2) is 0 Å². The Hall–Kier alpha value is -3.09. The van der Waals surface area contributed by atoms with Crippen molar-refractivity contribution in [3.05, 3.63) is 93.2 Å². The van der Waals surface area contributed by atoms with Gasteiger partial charge in [0.25, 0.3) is 11.8 Å². The fourth-order valence-corrected chi connectivity index (χ4v) is 7.14. The SMILES string of the molecule is CN(C(=O)c1cc(Cl)ccc1Cl)C1CCc2ccc(C(=O)N3CCC4(CC3)CCN(c3ccncc3)CC4)cc21. The molecule has 1 unspecified atom stereocenters. The highest BCUT2D eigenvalue weighted by Crippen LogP contribution is 2.43. The zero-order valence-electron chi connectivity index (χ0n) is 22.8. The Balaban J connectivity index is 1.11. The first kappa shape index (κ1) is 27.1. The monoisotopic (exact) mass is 576 g/mol. The predicted octanol–water partition coefficient (Wildman–Crippen LogP) is 6.67. The van der Waals surface area contributed by atoms with Crippen LogP contribution in [0.5, 0.6) is 0 Å². The molecule has 2 saturated heterocycles. The van der Waals surface area contributed by atoms with Crippen LogP contribution in [-0.4, -0.2) is 59.8 Å². The molecule has 2 aromatic carbocycles. The highest BCUT2D eigenvalue weighted by atomic mass is 35.5. The molecule has 2 aliphatic heterocycles. The second-order valence-corrected chi connectivity index (χ2v) is 12.3. The quantitative estimate of drug-likeness (QED) is 0.348. The number of hydrogen-bond acceptors (Lipinski definition) is 4. The summed E-state index contributed by atoms with van der Waals surface area (Å²) in [6, 6.07) is 15.0. The molecule has 0 saturated carbocycles. The van der Waals surface area contributed by atoms with Gasteiger partial charge in [-0.05, 0) is 97.5 Å². The van der Waals surface area contributed by atoms with Gasteiger partial charge in [0.1, 0.15) is 0 Å². The summed E-state index contributed by atoms with van der Waals surface area (Å²) in [5.41, 5.74) is 4.92. The minimum Gasteiger partial charge on any atom is -0.371 e. The van der Waals surface area contributed by atoms with Crippen molar-refractivity contribution in [2.24, 2.45) is 5.41 Å². The molecule has 40 heavy (non-hydrogen) atoms. The Kier molecular flexibility index (Phi) is 7.49. The Labute approximate surface area is 245 Å². The molecular weight excluding hydrogens is 543 g/mol. The molecular formula is C32H34Cl2N4O2. The first-order valence-corrected chi connectivity index (χ1v) is 14.9. The van der Waals surface area contributed by atoms with Crippen molar-refractivity contribution in [3.8, 4) is 0 Å². The summed E-state index contributed by atoms with van der Waals surface area (Å²) >= 11 is 12.5. The number of likely N-dealkylation sites (tertiary alicyclic amines) is 1. The van der Waals surface area contributed by atoms with Gasteiger partial charge in [0.05, 0.1) is 16.6 Å². The number of piperidine rings is 2. The number of nitrogens with zero attached hydrogens (tertiary/aromatic N) is 4. The molecule has 1 atom stereocenters. The molecule has 0 radical (unpaired) electrons. The third-order valence-corrected chi connectivity index (χ3v) is 9.91. The third kappa shape index (κ3) is 5.19. The van der Waals surface area contributed by atoms with E-state index in [0.29, 0.717) is 26.6 Å². The van der Waals surface area contributed by atoms with Gasteiger partial charge >= 0.3 is 0 Å². The van der Waals surface area contributed by atoms with Crippen molar-refractivity contribution in [2.75, 3.05) is 38.1 Å². The smallest absolute Gasteiger partial charge is 0.255 e. The van der Waals surface area contributed by atoms with Gasteiger partial charge < -0.3 is 14.7 Å². The standard InChI is InChI=1S/C32H34Cl2N4O2/c1-36(31(40)27-21-24(33)5-6-28(27)34)29-7-4-22-2-3-23(20-26(22)29)30(39)38-18-12-32(13-19-38)10-16-37(17-11-32)25-8-14-35-15-9-25/h2-3,5-6,8-9,14-15,20-21,29H,4,7,10-13,16-19H2,1H3. The van der Waals surface area contributed by atoms with E-state index in [9.17, 15) is 9.59 Å². The van der Waals surface area contributed by atoms with E-state index in [-0.39, 0.29) is 17.9 Å². The van der Waals surface area contributed by atoms with Crippen LogP contribution in [0.4, 0.5) is 5.69 Å². The summed E-state index contributed by atoms with van der Waals surface area (Å²) in [6.45, 7) is 3.69. The normalized spacial score (nSPS) is 19.9. The molecule has 208 valence electrons. The van der Waals surface area contributed by atoms with Crippen molar-refractivity contribution in [2.45, 2.75) is 44.6 Å². The Bertz CT molecular complexity index is 1410. The average Bonchev–Trinajstić information content (AvgIpc) is 3.42. The summed E-state index contributed by atoms with van der Waals surface area (Å²) in [5.74, 6) is -0.0808. The second kappa shape index (κ2) is 11.1. The van der Waals surface area contributed by atoms with Crippen LogP contribution in [0.15, 0.2) is 60.9 Å². The topological polar surface area (TPSA) is 56.8 Å². The lowest BCUT2D eigenvalue weighted by Gasteiger charge is -2.47. The number of carbonyl (C=O) groups is 2. The van der Waals surface area contributed by atoms with E-state index in [1.54, 1.807) is 30.1 Å². The first-order chi connectivity index (χ1) is 19.3. The number of amides is 2. The molecule has 1 aromatic heterocycles. The van der Waals surface area contributed by atoms with E-state index in [2.05, 4.69) is 28.1 Å². The Morgan fingerprint density at radius 3 is 2.35 bits per heavy atom. The first-order valence-electron chi connectivity index (χ1n) is 14.1. The minimum atomic E-state index is -0.168. The lowest BCUT2D eigenvalue weighted by atomic mass is 9.71. The maximum Gasteiger partial charge on any atom is 0.255 e. The number of aryl methyl sites for hydroxylation is 1. The minimum absolute atomic E-state index is 0.0874. The molecule has 3 aliphatic rings. The maximum atomic E-state index is 13.6. The highest BCUT2D eigenvalue weighted by molar-refractivity contribution is 6.35. The average molecular weight is 578 g/mol. The van der Waals surface area contributed by atoms with Gasteiger partial charge in [0, 0.05) is 61.9 Å². The van der Waals surface area contributed by atoms with E-state index in [1.165, 1.54) is 11.3 Å². The number of fused-ring (bicyclic) bond motifs is 1. The number of halogens is 2. The van der Waals surface area contributed by atoms with E-state index in [4.69, 9.17) is 23.2 Å². The van der Waals surface area contributed by atoms with Gasteiger partial charge in [0.15, 0.2) is 0 Å². The van der Waals surface area contributed by atoms with Gasteiger partial charge in [-0.1, -0.05) is 29.3 Å². The summed E-state index contributed by atoms with van der Waals surface area (Å²) < 4.78 is 0. The fourth-order valence-electron chi connectivity index (χ4n) is 6.77. The number of hydrogen-bond donors (Lipinski definition) is 0. The zero-order chi connectivity index (χ0) is 27.9. The molecule has 3 heterocycles. The number of rotatable bonds is 4. The lowest BCUT2D eigenvalue weighted by Crippen LogP contribution is -2.48. The molecule has 1 aliphatic carbocycles. The van der Waals surface area contributed by atoms with Crippen LogP contribution < -0.4 is 4.90 Å². The number of pyridine rings is 1. The Morgan fingerprint density at radius 2 is 1.62 bits per heavy atom. The largest absolute Gasteiger partial charge is 0.371 e. The van der Waals surface area contributed by atoms with E-state index in [1.807, 2.05) is 29.4 Å². The molecule has 1 spiro atoms. The fraction of sp³-hybridized carbons (Fsp3) is 0.406. The molecule has 8 heteroatoms. The van der Waals surface area contributed by atoms with E-state index < -0.39 is 0 Å². The van der Waals surface area contributed by atoms with Gasteiger partial charge in [-0.2, -0.15) is 0 Å². The van der Waals surface area contributed by atoms with Crippen molar-refractivity contribution < 1.29 is 9.59 Å². The van der Waals surface area contributed by atoms with Crippen molar-refractivity contribution in [3.63, 3.8) is 0 Å². The van der Waals surface area contributed by atoms with Crippen LogP contribution in [0.1, 0.15) is 70.0 Å². The summed E-state index contributed by atoms with van der Waals surface area (Å²) in [6.07, 6.45) is 9.83. The van der Waals surface area contributed by atoms with Crippen LogP contribution in [0.25, 0.3) is 0 Å². The lowest BCUT2D eigenvalue weighted by molar-refractivity contribution is 0.0515. The molecule has 2 amide bonds. The van der Waals surface area contributed by atoms with E-state index >= 15 is 0 Å². The third-order valence-electron chi connectivity index (χ3n) is 9.35. The van der Waals surface area contributed by atoms with Crippen molar-refractivity contribution in [1.82, 2.24) is 14.8 Å². The number of carbonyl (C=O) groups excluding carboxylic acids is 2. The molecule has 6 nitrogen and oxygen atoms in total. The summed E-state index contributed by atoms with van der Waals surface area (Å²) in [5, 5.41) is 0.859. The maximum absolute atomic E-state index is 13.6. The van der Waals surface area contributed by atoms with Crippen LogP contribution >= 0.6 is 23.2 Å². The van der Waals surface area contributed by atoms with Crippen LogP contribution in [0, 0.1) is 5.41 Å². The van der Waals surface area contributed by atoms with Crippen molar-refractivity contribution >= 4 is 40.7 Å². The van der Waals surface area contributed by atoms with Crippen molar-refractivity contribution in [1.29, 1.82) is 0 Å². The van der Waals surface area contributed by atoms with Crippen LogP contribution in [0.2, 0.25) is 10.0 Å². The van der Waals surface area contributed by atoms with E-state index in [0.717, 1.165) is 70.3 Å². The van der Waals surface area contributed by atoms with Gasteiger partial charge in [0.2, 0.25) is 0 Å².